The van der Waals surface area contributed by atoms with Gasteiger partial charge in [0.15, 0.2) is 0 Å². The Bertz CT molecular complexity index is 1170. The maximum absolute atomic E-state index is 9.34. The summed E-state index contributed by atoms with van der Waals surface area (Å²) >= 11 is 1.36. The summed E-state index contributed by atoms with van der Waals surface area (Å²) in [6.45, 7) is 3.30. The molecule has 0 bridgehead atoms. The van der Waals surface area contributed by atoms with Gasteiger partial charge in [-0.2, -0.15) is 0 Å². The van der Waals surface area contributed by atoms with Crippen LogP contribution in [-0.4, -0.2) is 18.6 Å². The van der Waals surface area contributed by atoms with Gasteiger partial charge in [-0.1, -0.05) is 77.9 Å². The van der Waals surface area contributed by atoms with E-state index in [9.17, 15) is 5.11 Å². The van der Waals surface area contributed by atoms with Crippen LogP contribution in [0.25, 0.3) is 27.6 Å². The van der Waals surface area contributed by atoms with Crippen molar-refractivity contribution in [2.75, 3.05) is 6.61 Å². The van der Waals surface area contributed by atoms with E-state index in [4.69, 9.17) is 0 Å². The first-order valence-corrected chi connectivity index (χ1v) is 13.8. The van der Waals surface area contributed by atoms with Crippen LogP contribution in [0.3, 0.4) is 0 Å². The van der Waals surface area contributed by atoms with E-state index in [-0.39, 0.29) is 46.3 Å². The van der Waals surface area contributed by atoms with Crippen molar-refractivity contribution in [1.29, 1.82) is 0 Å². The Morgan fingerprint density at radius 3 is 2.19 bits per heavy atom. The van der Waals surface area contributed by atoms with Crippen molar-refractivity contribution >= 4 is 59.3 Å². The number of aliphatic hydroxyl groups excluding tert-OH is 1. The number of halogens is 2. The molecule has 4 aromatic rings. The van der Waals surface area contributed by atoms with Gasteiger partial charge in [0.1, 0.15) is 0 Å². The fraction of sp³-hybridized carbons (Fsp3) is 0.148. The van der Waals surface area contributed by atoms with E-state index >= 15 is 0 Å². The molecule has 5 rings (SSSR count). The molecule has 0 spiro atoms. The molecule has 4 aromatic carbocycles. The zero-order valence-corrected chi connectivity index (χ0v) is 23.6. The Labute approximate surface area is 221 Å². The Kier molecular flexibility index (Phi) is 13.7. The fourth-order valence-electron chi connectivity index (χ4n) is 4.51. The summed E-state index contributed by atoms with van der Waals surface area (Å²) in [5, 5.41) is 14.7. The van der Waals surface area contributed by atoms with Crippen LogP contribution in [0.1, 0.15) is 35.4 Å². The van der Waals surface area contributed by atoms with Gasteiger partial charge in [-0.05, 0) is 24.0 Å². The van der Waals surface area contributed by atoms with E-state index in [1.54, 1.807) is 0 Å². The van der Waals surface area contributed by atoms with Crippen molar-refractivity contribution in [2.45, 2.75) is 18.8 Å². The molecular weight excluding hydrogens is 531 g/mol. The minimum absolute atomic E-state index is 0. The second-order valence-electron chi connectivity index (χ2n) is 7.15. The Morgan fingerprint density at radius 2 is 1.44 bits per heavy atom. The van der Waals surface area contributed by atoms with Crippen LogP contribution in [0, 0.1) is 14.9 Å². The molecule has 0 heterocycles. The molecule has 2 radical (unpaired) electrons. The zero-order chi connectivity index (χ0) is 19.5. The van der Waals surface area contributed by atoms with E-state index in [0.717, 1.165) is 12.8 Å². The number of hydrogen-bond acceptors (Lipinski definition) is 1. The third kappa shape index (κ3) is 5.69. The molecule has 1 aliphatic rings. The van der Waals surface area contributed by atoms with Gasteiger partial charge in [0.2, 0.25) is 0 Å². The van der Waals surface area contributed by atoms with Crippen LogP contribution >= 0.6 is 24.8 Å². The standard InChI is InChI=1S/C25H21O.2CH3.2ClH.Si.Zr/c26-14-6-9-19-15-17-7-2-4-11-21(17)25(19)23-13-5-12-22-20-10-3-1-8-18(20)16-24(22)23;;;;;;/h1-5,7-8,10-13,15-16,25-26H,6,9,14H2;2*1H3;2*1H;;/q3*-1;;;;. The van der Waals surface area contributed by atoms with Crippen molar-refractivity contribution in [1.82, 2.24) is 0 Å². The minimum atomic E-state index is 0. The Morgan fingerprint density at radius 1 is 0.812 bits per heavy atom. The van der Waals surface area contributed by atoms with Crippen molar-refractivity contribution in [2.24, 2.45) is 0 Å². The summed E-state index contributed by atoms with van der Waals surface area (Å²) in [5.41, 5.74) is 5.50. The van der Waals surface area contributed by atoms with Gasteiger partial charge in [0.25, 0.3) is 0 Å². The van der Waals surface area contributed by atoms with Crippen molar-refractivity contribution in [3.8, 4) is 0 Å². The number of benzene rings is 3. The molecule has 0 saturated heterocycles. The number of hydrogen-bond donors (Lipinski definition) is 1. The van der Waals surface area contributed by atoms with Crippen LogP contribution < -0.4 is 0 Å². The third-order valence-corrected chi connectivity index (χ3v) is 5.64. The molecule has 1 unspecified atom stereocenters. The first kappa shape index (κ1) is 30.9. The molecule has 0 amide bonds. The first-order chi connectivity index (χ1) is 13.9. The second kappa shape index (κ2) is 14.2. The average Bonchev–Trinajstić information content (AvgIpc) is 3.31. The second-order valence-corrected chi connectivity index (χ2v) is 7.15. The maximum atomic E-state index is 9.34. The molecule has 0 aliphatic heterocycles. The zero-order valence-electron chi connectivity index (χ0n) is 18.5. The van der Waals surface area contributed by atoms with Gasteiger partial charge in [-0.3, -0.25) is 0 Å². The molecule has 0 saturated carbocycles. The van der Waals surface area contributed by atoms with Crippen molar-refractivity contribution in [3.05, 3.63) is 110 Å². The predicted octanol–water partition coefficient (Wildman–Crippen LogP) is 7.37. The SMILES string of the molecule is Cl.Cl.OCCCC1=Cc2ccccc2C1c1cccc2c1[cH-]c1ccccc12.[CH3-].[CH3-].[Si]=[Zr]. The van der Waals surface area contributed by atoms with E-state index in [1.165, 1.54) is 67.1 Å². The number of allylic oxidation sites excluding steroid dienone is 1. The predicted molar refractivity (Wildman–Crippen MR) is 143 cm³/mol. The fourth-order valence-corrected chi connectivity index (χ4v) is 4.51. The van der Waals surface area contributed by atoms with Gasteiger partial charge in [0, 0.05) is 12.5 Å². The average molecular weight is 560 g/mol. The summed E-state index contributed by atoms with van der Waals surface area (Å²) in [6.07, 6.45) is 4.08. The van der Waals surface area contributed by atoms with Crippen LogP contribution in [0.4, 0.5) is 0 Å². The van der Waals surface area contributed by atoms with Gasteiger partial charge in [0.05, 0.1) is 0 Å². The Balaban J connectivity index is 0.00000156. The summed E-state index contributed by atoms with van der Waals surface area (Å²) in [4.78, 5) is 0. The normalized spacial score (nSPS) is 13.2. The molecule has 168 valence electrons. The van der Waals surface area contributed by atoms with Crippen LogP contribution in [0.15, 0.2) is 78.4 Å². The summed E-state index contributed by atoms with van der Waals surface area (Å²) in [7, 11) is 0. The molecule has 1 N–H and O–H groups in total. The summed E-state index contributed by atoms with van der Waals surface area (Å²) < 4.78 is 0. The summed E-state index contributed by atoms with van der Waals surface area (Å²) in [5.74, 6) is 0.290. The number of aliphatic hydroxyl groups is 1. The molecule has 1 aliphatic carbocycles. The molecule has 0 fully saturated rings. The van der Waals surface area contributed by atoms with E-state index < -0.39 is 0 Å². The van der Waals surface area contributed by atoms with Crippen LogP contribution in [-0.2, 0) is 23.3 Å². The summed E-state index contributed by atoms with van der Waals surface area (Å²) in [6, 6.07) is 26.4. The first-order valence-electron chi connectivity index (χ1n) is 9.59. The molecule has 32 heavy (non-hydrogen) atoms. The van der Waals surface area contributed by atoms with Crippen LogP contribution in [0.5, 0.6) is 0 Å². The van der Waals surface area contributed by atoms with Gasteiger partial charge in [-0.25, -0.2) is 0 Å². The van der Waals surface area contributed by atoms with E-state index in [0.29, 0.717) is 5.92 Å². The molecule has 1 atom stereocenters. The van der Waals surface area contributed by atoms with Gasteiger partial charge in [-0.15, -0.1) is 58.5 Å². The van der Waals surface area contributed by atoms with Crippen molar-refractivity contribution in [3.63, 3.8) is 0 Å². The number of rotatable bonds is 4. The topological polar surface area (TPSA) is 20.2 Å². The number of fused-ring (bicyclic) bond motifs is 4. The third-order valence-electron chi connectivity index (χ3n) is 5.64. The monoisotopic (exact) mass is 557 g/mol. The van der Waals surface area contributed by atoms with Crippen molar-refractivity contribution < 1.29 is 28.4 Å². The van der Waals surface area contributed by atoms with Gasteiger partial charge >= 0.3 is 30.2 Å². The van der Waals surface area contributed by atoms with E-state index in [2.05, 4.69) is 85.8 Å². The van der Waals surface area contributed by atoms with Crippen LogP contribution in [0.2, 0.25) is 0 Å². The Hall–Kier alpha value is -1.09. The van der Waals surface area contributed by atoms with Gasteiger partial charge < -0.3 is 20.0 Å². The van der Waals surface area contributed by atoms with E-state index in [1.807, 2.05) is 0 Å². The molecular formula is C27H29Cl2OSiZr-3. The quantitative estimate of drug-likeness (QED) is 0.204. The molecule has 5 heteroatoms. The molecule has 1 nitrogen and oxygen atoms in total. The molecule has 0 aromatic heterocycles.